The number of aliphatic hydroxyl groups excluding tert-OH is 3. The first-order chi connectivity index (χ1) is 10.5. The molecule has 0 aliphatic rings. The molecule has 8 heteroatoms. The van der Waals surface area contributed by atoms with Crippen molar-refractivity contribution < 1.29 is 29.2 Å². The third-order valence-corrected chi connectivity index (χ3v) is 3.95. The lowest BCUT2D eigenvalue weighted by molar-refractivity contribution is -0.0347. The highest BCUT2D eigenvalue weighted by Gasteiger charge is 2.27. The fourth-order valence-corrected chi connectivity index (χ4v) is 2.26. The lowest BCUT2D eigenvalue weighted by Gasteiger charge is -2.18. The number of rotatable bonds is 10. The standard InChI is InChI=1S/C14H21NO6P/c1-20-22(19)8-7-12(16)14(18)13(17)9-15-21-10-11-5-3-2-4-6-11/h2-6,9,12-14,16-18H,7-8,10H2,1H3/q+1. The molecule has 4 unspecified atom stereocenters. The van der Waals surface area contributed by atoms with Crippen molar-refractivity contribution in [2.75, 3.05) is 13.3 Å². The largest absolute Gasteiger partial charge is 0.507 e. The number of benzene rings is 1. The van der Waals surface area contributed by atoms with Gasteiger partial charge in [-0.05, 0) is 10.1 Å². The summed E-state index contributed by atoms with van der Waals surface area (Å²) in [6.07, 6.45) is -2.91. The summed E-state index contributed by atoms with van der Waals surface area (Å²) in [5.41, 5.74) is 0.915. The van der Waals surface area contributed by atoms with Gasteiger partial charge in [0, 0.05) is 6.42 Å². The van der Waals surface area contributed by atoms with Crippen LogP contribution in [0.25, 0.3) is 0 Å². The van der Waals surface area contributed by atoms with Crippen LogP contribution in [0.1, 0.15) is 12.0 Å². The summed E-state index contributed by atoms with van der Waals surface area (Å²) in [5, 5.41) is 32.6. The lowest BCUT2D eigenvalue weighted by atomic mass is 10.1. The molecule has 0 spiro atoms. The molecular formula is C14H21NO6P+. The summed E-state index contributed by atoms with van der Waals surface area (Å²) >= 11 is 0. The molecule has 22 heavy (non-hydrogen) atoms. The first-order valence-electron chi connectivity index (χ1n) is 6.77. The van der Waals surface area contributed by atoms with Crippen molar-refractivity contribution in [1.29, 1.82) is 0 Å². The first-order valence-corrected chi connectivity index (χ1v) is 8.13. The Hall–Kier alpha value is -1.37. The second kappa shape index (κ2) is 10.4. The quantitative estimate of drug-likeness (QED) is 0.336. The van der Waals surface area contributed by atoms with E-state index in [9.17, 15) is 19.9 Å². The third kappa shape index (κ3) is 7.06. The van der Waals surface area contributed by atoms with E-state index in [2.05, 4.69) is 9.68 Å². The Kier molecular flexibility index (Phi) is 8.81. The van der Waals surface area contributed by atoms with Crippen molar-refractivity contribution >= 4 is 14.2 Å². The Bertz CT molecular complexity index is 470. The molecule has 0 aliphatic carbocycles. The van der Waals surface area contributed by atoms with E-state index in [1.807, 2.05) is 30.3 Å². The summed E-state index contributed by atoms with van der Waals surface area (Å²) in [5.74, 6) is 0. The second-order valence-corrected chi connectivity index (χ2v) is 6.07. The van der Waals surface area contributed by atoms with E-state index in [1.54, 1.807) is 0 Å². The van der Waals surface area contributed by atoms with Gasteiger partial charge in [0.15, 0.2) is 6.16 Å². The molecule has 0 radical (unpaired) electrons. The van der Waals surface area contributed by atoms with E-state index in [0.29, 0.717) is 0 Å². The molecule has 1 rings (SSSR count). The van der Waals surface area contributed by atoms with E-state index in [1.165, 1.54) is 7.11 Å². The van der Waals surface area contributed by atoms with Crippen LogP contribution in [-0.2, 0) is 20.5 Å². The van der Waals surface area contributed by atoms with Gasteiger partial charge in [-0.25, -0.2) is 0 Å². The van der Waals surface area contributed by atoms with Crippen LogP contribution in [0.3, 0.4) is 0 Å². The maximum atomic E-state index is 11.1. The molecule has 0 aliphatic heterocycles. The van der Waals surface area contributed by atoms with Crippen LogP contribution in [-0.4, -0.2) is 53.1 Å². The van der Waals surface area contributed by atoms with Crippen molar-refractivity contribution in [3.63, 3.8) is 0 Å². The van der Waals surface area contributed by atoms with Crippen LogP contribution in [0, 0.1) is 0 Å². The van der Waals surface area contributed by atoms with Crippen molar-refractivity contribution in [3.05, 3.63) is 35.9 Å². The zero-order valence-electron chi connectivity index (χ0n) is 12.3. The Morgan fingerprint density at radius 3 is 2.59 bits per heavy atom. The minimum atomic E-state index is -1.86. The normalized spacial score (nSPS) is 16.3. The third-order valence-electron chi connectivity index (χ3n) is 2.92. The summed E-state index contributed by atoms with van der Waals surface area (Å²) in [6, 6.07) is 9.33. The summed E-state index contributed by atoms with van der Waals surface area (Å²) in [7, 11) is -0.557. The van der Waals surface area contributed by atoms with Crippen LogP contribution < -0.4 is 0 Å². The van der Waals surface area contributed by atoms with Gasteiger partial charge < -0.3 is 20.2 Å². The van der Waals surface area contributed by atoms with Gasteiger partial charge in [-0.1, -0.05) is 35.5 Å². The van der Waals surface area contributed by atoms with E-state index >= 15 is 0 Å². The minimum Gasteiger partial charge on any atom is -0.391 e. The maximum absolute atomic E-state index is 11.1. The molecule has 0 saturated heterocycles. The van der Waals surface area contributed by atoms with Gasteiger partial charge in [0.25, 0.3) is 0 Å². The van der Waals surface area contributed by atoms with Crippen LogP contribution in [0.2, 0.25) is 0 Å². The average Bonchev–Trinajstić information content (AvgIpc) is 2.56. The van der Waals surface area contributed by atoms with Gasteiger partial charge in [0.05, 0.1) is 19.4 Å². The van der Waals surface area contributed by atoms with Crippen LogP contribution >= 0.6 is 8.03 Å². The molecule has 122 valence electrons. The molecule has 0 saturated carbocycles. The molecule has 1 aromatic rings. The van der Waals surface area contributed by atoms with Gasteiger partial charge in [-0.2, -0.15) is 0 Å². The number of oxime groups is 1. The molecule has 0 aromatic heterocycles. The SMILES string of the molecule is CO[P+](=O)CCC(O)C(O)C(O)C=NOCc1ccccc1. The highest BCUT2D eigenvalue weighted by molar-refractivity contribution is 7.39. The Morgan fingerprint density at radius 1 is 1.27 bits per heavy atom. The topological polar surface area (TPSA) is 109 Å². The van der Waals surface area contributed by atoms with Gasteiger partial charge in [0.1, 0.15) is 18.8 Å². The fourth-order valence-electron chi connectivity index (χ4n) is 1.61. The van der Waals surface area contributed by atoms with Gasteiger partial charge in [0.2, 0.25) is 0 Å². The summed E-state index contributed by atoms with van der Waals surface area (Å²) in [4.78, 5) is 4.99. The van der Waals surface area contributed by atoms with Crippen LogP contribution in [0.15, 0.2) is 35.5 Å². The van der Waals surface area contributed by atoms with Gasteiger partial charge in [-0.3, -0.25) is 0 Å². The molecular weight excluding hydrogens is 309 g/mol. The van der Waals surface area contributed by atoms with Crippen LogP contribution in [0.4, 0.5) is 0 Å². The van der Waals surface area contributed by atoms with Crippen molar-refractivity contribution in [2.45, 2.75) is 31.3 Å². The monoisotopic (exact) mass is 330 g/mol. The molecule has 0 heterocycles. The number of aliphatic hydroxyl groups is 3. The number of hydrogen-bond acceptors (Lipinski definition) is 7. The first kappa shape index (κ1) is 18.7. The molecule has 7 nitrogen and oxygen atoms in total. The van der Waals surface area contributed by atoms with Gasteiger partial charge in [-0.15, -0.1) is 4.52 Å². The van der Waals surface area contributed by atoms with Crippen molar-refractivity contribution in [3.8, 4) is 0 Å². The van der Waals surface area contributed by atoms with Crippen molar-refractivity contribution in [1.82, 2.24) is 0 Å². The number of nitrogens with zero attached hydrogens (tertiary/aromatic N) is 1. The highest BCUT2D eigenvalue weighted by Crippen LogP contribution is 2.22. The molecule has 4 atom stereocenters. The molecule has 1 aromatic carbocycles. The lowest BCUT2D eigenvalue weighted by Crippen LogP contribution is -2.38. The zero-order chi connectivity index (χ0) is 16.4. The summed E-state index contributed by atoms with van der Waals surface area (Å²) < 4.78 is 15.6. The smallest absolute Gasteiger partial charge is 0.391 e. The molecule has 0 bridgehead atoms. The minimum absolute atomic E-state index is 0.0416. The number of hydrogen-bond donors (Lipinski definition) is 3. The van der Waals surface area contributed by atoms with Gasteiger partial charge >= 0.3 is 8.03 Å². The van der Waals surface area contributed by atoms with E-state index in [0.717, 1.165) is 11.8 Å². The molecule has 3 N–H and O–H groups in total. The van der Waals surface area contributed by atoms with E-state index in [-0.39, 0.29) is 19.2 Å². The Balaban J connectivity index is 2.31. The predicted octanol–water partition coefficient (Wildman–Crippen LogP) is 1.05. The zero-order valence-corrected chi connectivity index (χ0v) is 13.2. The Labute approximate surface area is 130 Å². The molecule has 0 fully saturated rings. The Morgan fingerprint density at radius 2 is 1.95 bits per heavy atom. The molecule has 0 amide bonds. The summed E-state index contributed by atoms with van der Waals surface area (Å²) in [6.45, 7) is 0.233. The van der Waals surface area contributed by atoms with Crippen molar-refractivity contribution in [2.24, 2.45) is 5.16 Å². The van der Waals surface area contributed by atoms with Crippen LogP contribution in [0.5, 0.6) is 0 Å². The fraction of sp³-hybridized carbons (Fsp3) is 0.500. The average molecular weight is 330 g/mol. The van der Waals surface area contributed by atoms with E-state index in [4.69, 9.17) is 4.84 Å². The highest BCUT2D eigenvalue weighted by atomic mass is 31.1. The van der Waals surface area contributed by atoms with E-state index < -0.39 is 26.3 Å². The second-order valence-electron chi connectivity index (χ2n) is 4.59. The maximum Gasteiger partial charge on any atom is 0.507 e. The predicted molar refractivity (Wildman–Crippen MR) is 81.8 cm³/mol.